The summed E-state index contributed by atoms with van der Waals surface area (Å²) in [5, 5.41) is 34.5. The second-order valence-electron chi connectivity index (χ2n) is 4.00. The molecule has 0 aliphatic carbocycles. The van der Waals surface area contributed by atoms with E-state index in [1.54, 1.807) is 0 Å². The van der Waals surface area contributed by atoms with Gasteiger partial charge in [-0.15, -0.1) is 0 Å². The Kier molecular flexibility index (Phi) is 22.1. The molecule has 0 bridgehead atoms. The van der Waals surface area contributed by atoms with Crippen molar-refractivity contribution in [2.75, 3.05) is 39.3 Å². The van der Waals surface area contributed by atoms with Crippen molar-refractivity contribution in [3.05, 3.63) is 0 Å². The molecule has 13 heteroatoms. The fourth-order valence-corrected chi connectivity index (χ4v) is 1.48. The Balaban J connectivity index is -0.000000602. The smallest absolute Gasteiger partial charge is 0.317 e. The van der Waals surface area contributed by atoms with Gasteiger partial charge in [0.05, 0.1) is 26.2 Å². The Morgan fingerprint density at radius 1 is 0.565 bits per heavy atom. The van der Waals surface area contributed by atoms with Gasteiger partial charge in [-0.2, -0.15) is 0 Å². The van der Waals surface area contributed by atoms with E-state index in [0.29, 0.717) is 0 Å². The molecule has 0 spiro atoms. The quantitative estimate of drug-likeness (QED) is 0.269. The summed E-state index contributed by atoms with van der Waals surface area (Å²) in [6.07, 6.45) is 0. The van der Waals surface area contributed by atoms with Gasteiger partial charge >= 0.3 is 23.9 Å². The van der Waals surface area contributed by atoms with Crippen molar-refractivity contribution in [2.24, 2.45) is 0 Å². The second-order valence-corrected chi connectivity index (χ2v) is 4.00. The Bertz CT molecular complexity index is 327. The van der Waals surface area contributed by atoms with E-state index in [4.69, 9.17) is 20.4 Å². The average molecular weight is 356 g/mol. The molecular weight excluding hydrogens is 338 g/mol. The molecule has 2 radical (unpaired) electrons. The maximum Gasteiger partial charge on any atom is 0.317 e. The Hall–Kier alpha value is -0.240. The van der Waals surface area contributed by atoms with Crippen LogP contribution in [0.15, 0.2) is 0 Å². The summed E-state index contributed by atoms with van der Waals surface area (Å²) in [5.74, 6) is -4.91. The number of aliphatic carboxylic acids is 4. The fourth-order valence-electron chi connectivity index (χ4n) is 1.48. The van der Waals surface area contributed by atoms with Crippen LogP contribution in [0.5, 0.6) is 0 Å². The number of nitrogens with zero attached hydrogens (tertiary/aromatic N) is 2. The second kappa shape index (κ2) is 16.6. The first-order valence-corrected chi connectivity index (χ1v) is 5.52. The van der Waals surface area contributed by atoms with Gasteiger partial charge in [-0.3, -0.25) is 29.0 Å². The SMILES string of the molecule is O.O=C(O)CN(CCN(CC(=O)O)CC(=O)O)CC(=O)O.[Na].[Na]. The molecule has 0 atom stereocenters. The number of hydrogen-bond acceptors (Lipinski definition) is 6. The molecule has 0 unspecified atom stereocenters. The summed E-state index contributed by atoms with van der Waals surface area (Å²) in [6.45, 7) is -2.25. The zero-order valence-electron chi connectivity index (χ0n) is 13.1. The Labute approximate surface area is 176 Å². The molecule has 23 heavy (non-hydrogen) atoms. The van der Waals surface area contributed by atoms with E-state index in [1.165, 1.54) is 0 Å². The van der Waals surface area contributed by atoms with Crippen LogP contribution in [-0.4, -0.2) is 158 Å². The summed E-state index contributed by atoms with van der Waals surface area (Å²) in [7, 11) is 0. The molecule has 0 rings (SSSR count). The zero-order valence-corrected chi connectivity index (χ0v) is 17.1. The van der Waals surface area contributed by atoms with Crippen molar-refractivity contribution >= 4 is 83.0 Å². The molecule has 0 fully saturated rings. The molecular formula is C10H18N2Na2O9. The third-order valence-electron chi connectivity index (χ3n) is 2.17. The van der Waals surface area contributed by atoms with Crippen LogP contribution in [0.25, 0.3) is 0 Å². The van der Waals surface area contributed by atoms with Crippen LogP contribution in [0, 0.1) is 0 Å². The van der Waals surface area contributed by atoms with Crippen LogP contribution < -0.4 is 0 Å². The van der Waals surface area contributed by atoms with Crippen LogP contribution >= 0.6 is 0 Å². The van der Waals surface area contributed by atoms with E-state index >= 15 is 0 Å². The minimum absolute atomic E-state index is 0. The molecule has 0 aliphatic heterocycles. The van der Waals surface area contributed by atoms with Crippen molar-refractivity contribution in [2.45, 2.75) is 0 Å². The first kappa shape index (κ1) is 30.6. The van der Waals surface area contributed by atoms with E-state index in [2.05, 4.69) is 0 Å². The number of carboxylic acids is 4. The molecule has 0 aromatic carbocycles. The van der Waals surface area contributed by atoms with Crippen LogP contribution in [0.2, 0.25) is 0 Å². The summed E-state index contributed by atoms with van der Waals surface area (Å²) in [4.78, 5) is 44.4. The molecule has 11 nitrogen and oxygen atoms in total. The zero-order chi connectivity index (χ0) is 15.7. The monoisotopic (exact) mass is 356 g/mol. The van der Waals surface area contributed by atoms with Gasteiger partial charge in [0.1, 0.15) is 0 Å². The van der Waals surface area contributed by atoms with Crippen LogP contribution in [0.1, 0.15) is 0 Å². The largest absolute Gasteiger partial charge is 0.480 e. The Morgan fingerprint density at radius 3 is 0.870 bits per heavy atom. The molecule has 0 amide bonds. The summed E-state index contributed by atoms with van der Waals surface area (Å²) >= 11 is 0. The summed E-state index contributed by atoms with van der Waals surface area (Å²) < 4.78 is 0. The van der Waals surface area contributed by atoms with Gasteiger partial charge in [-0.25, -0.2) is 0 Å². The molecule has 0 saturated carbocycles. The molecule has 0 aliphatic rings. The van der Waals surface area contributed by atoms with E-state index in [-0.39, 0.29) is 77.7 Å². The average Bonchev–Trinajstić information content (AvgIpc) is 2.22. The van der Waals surface area contributed by atoms with Crippen LogP contribution in [-0.2, 0) is 19.2 Å². The van der Waals surface area contributed by atoms with Crippen molar-refractivity contribution in [1.29, 1.82) is 0 Å². The van der Waals surface area contributed by atoms with Gasteiger partial charge in [-0.1, -0.05) is 0 Å². The van der Waals surface area contributed by atoms with Crippen LogP contribution in [0.4, 0.5) is 0 Å². The first-order valence-electron chi connectivity index (χ1n) is 5.52. The number of hydrogen-bond donors (Lipinski definition) is 4. The first-order chi connectivity index (χ1) is 9.20. The normalized spacial score (nSPS) is 9.30. The van der Waals surface area contributed by atoms with E-state index in [0.717, 1.165) is 9.80 Å². The molecule has 0 aromatic rings. The van der Waals surface area contributed by atoms with Crippen molar-refractivity contribution in [1.82, 2.24) is 9.80 Å². The van der Waals surface area contributed by atoms with E-state index < -0.39 is 50.1 Å². The summed E-state index contributed by atoms with van der Waals surface area (Å²) in [5.41, 5.74) is 0. The number of carboxylic acid groups (broad SMARTS) is 4. The predicted molar refractivity (Wildman–Crippen MR) is 78.5 cm³/mol. The standard InChI is InChI=1S/C10H16N2O8.2Na.H2O/c13-7(14)3-11(4-8(15)16)1-2-12(5-9(17)18)6-10(19)20;;;/h1-6H2,(H,13,14)(H,15,16)(H,17,18)(H,19,20);;;1H2. The molecule has 0 heterocycles. The van der Waals surface area contributed by atoms with Gasteiger partial charge in [0, 0.05) is 72.2 Å². The maximum absolute atomic E-state index is 10.6. The van der Waals surface area contributed by atoms with Gasteiger partial charge in [0.15, 0.2) is 0 Å². The Morgan fingerprint density at radius 2 is 0.739 bits per heavy atom. The van der Waals surface area contributed by atoms with Crippen LogP contribution in [0.3, 0.4) is 0 Å². The van der Waals surface area contributed by atoms with Crippen molar-refractivity contribution in [3.8, 4) is 0 Å². The van der Waals surface area contributed by atoms with Gasteiger partial charge < -0.3 is 25.9 Å². The summed E-state index contributed by atoms with van der Waals surface area (Å²) in [6, 6.07) is 0. The third-order valence-corrected chi connectivity index (χ3v) is 2.17. The van der Waals surface area contributed by atoms with Crippen molar-refractivity contribution < 1.29 is 45.1 Å². The predicted octanol–water partition coefficient (Wildman–Crippen LogP) is -3.66. The molecule has 124 valence electrons. The minimum atomic E-state index is -1.23. The topological polar surface area (TPSA) is 187 Å². The molecule has 0 saturated heterocycles. The van der Waals surface area contributed by atoms with Gasteiger partial charge in [-0.05, 0) is 0 Å². The van der Waals surface area contributed by atoms with E-state index in [1.807, 2.05) is 0 Å². The fraction of sp³-hybridized carbons (Fsp3) is 0.600. The van der Waals surface area contributed by atoms with Gasteiger partial charge in [0.25, 0.3) is 0 Å². The third kappa shape index (κ3) is 19.7. The number of carbonyl (C=O) groups is 4. The van der Waals surface area contributed by atoms with Gasteiger partial charge in [0.2, 0.25) is 0 Å². The molecule has 0 aromatic heterocycles. The maximum atomic E-state index is 10.6. The minimum Gasteiger partial charge on any atom is -0.480 e. The molecule has 6 N–H and O–H groups in total. The van der Waals surface area contributed by atoms with E-state index in [9.17, 15) is 19.2 Å². The van der Waals surface area contributed by atoms with Crippen molar-refractivity contribution in [3.63, 3.8) is 0 Å². The number of rotatable bonds is 11.